The Morgan fingerprint density at radius 1 is 1.30 bits per heavy atom. The molecule has 0 spiro atoms. The van der Waals surface area contributed by atoms with Crippen LogP contribution in [0.15, 0.2) is 29.6 Å². The van der Waals surface area contributed by atoms with Crippen LogP contribution in [0.4, 0.5) is 0 Å². The van der Waals surface area contributed by atoms with E-state index >= 15 is 0 Å². The lowest BCUT2D eigenvalue weighted by Gasteiger charge is -2.13. The molecule has 1 heterocycles. The smallest absolute Gasteiger partial charge is 0.253 e. The molecule has 0 bridgehead atoms. The first-order valence-electron chi connectivity index (χ1n) is 5.93. The number of halogens is 2. The molecule has 1 amide bonds. The van der Waals surface area contributed by atoms with Gasteiger partial charge in [0.2, 0.25) is 0 Å². The Labute approximate surface area is 129 Å². The first-order chi connectivity index (χ1) is 9.56. The van der Waals surface area contributed by atoms with Gasteiger partial charge in [-0.25, -0.2) is 0 Å². The van der Waals surface area contributed by atoms with Crippen LogP contribution in [0.3, 0.4) is 0 Å². The van der Waals surface area contributed by atoms with Gasteiger partial charge in [0, 0.05) is 11.4 Å². The maximum atomic E-state index is 12.2. The van der Waals surface area contributed by atoms with E-state index in [4.69, 9.17) is 23.2 Å². The molecule has 1 aliphatic carbocycles. The molecule has 3 rings (SSSR count). The minimum absolute atomic E-state index is 0.0718. The Bertz CT molecular complexity index is 711. The molecule has 0 fully saturated rings. The fourth-order valence-corrected chi connectivity index (χ4v) is 3.65. The van der Waals surface area contributed by atoms with Gasteiger partial charge in [-0.2, -0.15) is 0 Å². The van der Waals surface area contributed by atoms with E-state index in [9.17, 15) is 9.59 Å². The third kappa shape index (κ3) is 2.35. The maximum Gasteiger partial charge on any atom is 0.253 e. The van der Waals surface area contributed by atoms with Gasteiger partial charge < -0.3 is 5.32 Å². The zero-order valence-electron chi connectivity index (χ0n) is 10.2. The number of hydrogen-bond donors (Lipinski definition) is 1. The van der Waals surface area contributed by atoms with E-state index in [1.165, 1.54) is 17.4 Å². The van der Waals surface area contributed by atoms with Crippen LogP contribution in [-0.2, 0) is 0 Å². The molecule has 1 N–H and O–H groups in total. The number of Topliss-reactive ketones (excluding diaryl/α,β-unsaturated/α-hetero) is 1. The largest absolute Gasteiger partial charge is 0.345 e. The average molecular weight is 326 g/mol. The van der Waals surface area contributed by atoms with Crippen molar-refractivity contribution in [2.24, 2.45) is 0 Å². The van der Waals surface area contributed by atoms with Crippen LogP contribution in [0.1, 0.15) is 38.1 Å². The van der Waals surface area contributed by atoms with Crippen molar-refractivity contribution in [2.75, 3.05) is 0 Å². The van der Waals surface area contributed by atoms with Crippen LogP contribution in [0.5, 0.6) is 0 Å². The second-order valence-electron chi connectivity index (χ2n) is 4.48. The van der Waals surface area contributed by atoms with Gasteiger partial charge in [-0.1, -0.05) is 23.2 Å². The monoisotopic (exact) mass is 325 g/mol. The summed E-state index contributed by atoms with van der Waals surface area (Å²) in [7, 11) is 0. The first-order valence-corrected chi connectivity index (χ1v) is 7.56. The minimum Gasteiger partial charge on any atom is -0.345 e. The summed E-state index contributed by atoms with van der Waals surface area (Å²) in [4.78, 5) is 24.7. The molecule has 0 saturated heterocycles. The zero-order valence-corrected chi connectivity index (χ0v) is 12.5. The summed E-state index contributed by atoms with van der Waals surface area (Å²) in [5.74, 6) is -0.231. The Morgan fingerprint density at radius 3 is 2.85 bits per heavy atom. The number of fused-ring (bicyclic) bond motifs is 1. The Balaban J connectivity index is 1.83. The van der Waals surface area contributed by atoms with E-state index in [2.05, 4.69) is 5.32 Å². The normalized spacial score (nSPS) is 17.1. The summed E-state index contributed by atoms with van der Waals surface area (Å²) in [5.41, 5.74) is 1.24. The van der Waals surface area contributed by atoms with E-state index in [1.54, 1.807) is 12.1 Å². The zero-order chi connectivity index (χ0) is 14.3. The highest BCUT2D eigenvalue weighted by molar-refractivity contribution is 7.12. The number of amides is 1. The number of hydrogen-bond acceptors (Lipinski definition) is 3. The van der Waals surface area contributed by atoms with Crippen molar-refractivity contribution in [2.45, 2.75) is 12.5 Å². The fraction of sp³-hybridized carbons (Fsp3) is 0.143. The molecule has 3 nitrogen and oxygen atoms in total. The van der Waals surface area contributed by atoms with Crippen LogP contribution in [0, 0.1) is 0 Å². The molecule has 0 unspecified atom stereocenters. The number of thiophene rings is 1. The van der Waals surface area contributed by atoms with E-state index in [-0.39, 0.29) is 17.7 Å². The molecular weight excluding hydrogens is 317 g/mol. The van der Waals surface area contributed by atoms with Gasteiger partial charge in [0.1, 0.15) is 0 Å². The second kappa shape index (κ2) is 5.20. The predicted octanol–water partition coefficient (Wildman–Crippen LogP) is 4.11. The van der Waals surface area contributed by atoms with Gasteiger partial charge >= 0.3 is 0 Å². The summed E-state index contributed by atoms with van der Waals surface area (Å²) in [6, 6.07) is 6.30. The van der Waals surface area contributed by atoms with Crippen LogP contribution in [-0.4, -0.2) is 11.7 Å². The molecule has 102 valence electrons. The summed E-state index contributed by atoms with van der Waals surface area (Å²) >= 11 is 13.2. The van der Waals surface area contributed by atoms with Crippen LogP contribution in [0.25, 0.3) is 0 Å². The van der Waals surface area contributed by atoms with E-state index < -0.39 is 0 Å². The highest BCUT2D eigenvalue weighted by Crippen LogP contribution is 2.35. The summed E-state index contributed by atoms with van der Waals surface area (Å²) in [6.07, 6.45) is 0.305. The van der Waals surface area contributed by atoms with Crippen molar-refractivity contribution >= 4 is 46.2 Å². The topological polar surface area (TPSA) is 46.2 Å². The number of benzene rings is 1. The van der Waals surface area contributed by atoms with Crippen molar-refractivity contribution in [3.05, 3.63) is 55.7 Å². The number of carbonyl (C=O) groups excluding carboxylic acids is 2. The van der Waals surface area contributed by atoms with Crippen molar-refractivity contribution in [3.8, 4) is 0 Å². The van der Waals surface area contributed by atoms with Crippen LogP contribution in [0.2, 0.25) is 10.0 Å². The number of ketones is 1. The SMILES string of the molecule is O=C(N[C@@H]1CC(=O)c2sccc21)c1ccc(Cl)cc1Cl. The molecule has 0 saturated carbocycles. The summed E-state index contributed by atoms with van der Waals surface area (Å²) in [6.45, 7) is 0. The Hall–Kier alpha value is -1.36. The van der Waals surface area contributed by atoms with Crippen LogP contribution >= 0.6 is 34.5 Å². The number of nitrogens with one attached hydrogen (secondary N) is 1. The quantitative estimate of drug-likeness (QED) is 0.903. The molecule has 2 aromatic rings. The predicted molar refractivity (Wildman–Crippen MR) is 79.9 cm³/mol. The molecule has 0 aliphatic heterocycles. The highest BCUT2D eigenvalue weighted by Gasteiger charge is 2.31. The van der Waals surface area contributed by atoms with Crippen molar-refractivity contribution in [1.82, 2.24) is 5.32 Å². The van der Waals surface area contributed by atoms with Gasteiger partial charge in [-0.3, -0.25) is 9.59 Å². The third-order valence-corrected chi connectivity index (χ3v) is 4.71. The molecular formula is C14H9Cl2NO2S. The molecule has 1 aliphatic rings. The molecule has 6 heteroatoms. The summed E-state index contributed by atoms with van der Waals surface area (Å²) in [5, 5.41) is 5.48. The average Bonchev–Trinajstić information content (AvgIpc) is 2.95. The molecule has 1 aromatic heterocycles. The highest BCUT2D eigenvalue weighted by atomic mass is 35.5. The molecule has 1 aromatic carbocycles. The summed E-state index contributed by atoms with van der Waals surface area (Å²) < 4.78 is 0. The van der Waals surface area contributed by atoms with E-state index in [0.29, 0.717) is 22.0 Å². The van der Waals surface area contributed by atoms with Gasteiger partial charge in [0.05, 0.1) is 21.5 Å². The second-order valence-corrected chi connectivity index (χ2v) is 6.24. The third-order valence-electron chi connectivity index (χ3n) is 3.19. The van der Waals surface area contributed by atoms with Gasteiger partial charge in [-0.05, 0) is 35.2 Å². The van der Waals surface area contributed by atoms with Crippen LogP contribution < -0.4 is 5.32 Å². The standard InChI is InChI=1S/C14H9Cl2NO2S/c15-7-1-2-8(10(16)5-7)14(19)17-11-6-12(18)13-9(11)3-4-20-13/h1-5,11H,6H2,(H,17,19)/t11-/m1/s1. The van der Waals surface area contributed by atoms with Crippen molar-refractivity contribution in [3.63, 3.8) is 0 Å². The fourth-order valence-electron chi connectivity index (χ4n) is 2.25. The van der Waals surface area contributed by atoms with E-state index in [0.717, 1.165) is 10.4 Å². The maximum absolute atomic E-state index is 12.2. The minimum atomic E-state index is -0.302. The molecule has 20 heavy (non-hydrogen) atoms. The lowest BCUT2D eigenvalue weighted by molar-refractivity contribution is 0.0926. The molecule has 0 radical (unpaired) electrons. The van der Waals surface area contributed by atoms with Crippen molar-refractivity contribution in [1.29, 1.82) is 0 Å². The first kappa shape index (κ1) is 13.6. The lowest BCUT2D eigenvalue weighted by Crippen LogP contribution is -2.27. The molecule has 1 atom stereocenters. The van der Waals surface area contributed by atoms with Gasteiger partial charge in [0.25, 0.3) is 5.91 Å². The van der Waals surface area contributed by atoms with Crippen molar-refractivity contribution < 1.29 is 9.59 Å². The number of rotatable bonds is 2. The Kier molecular flexibility index (Phi) is 3.54. The Morgan fingerprint density at radius 2 is 2.10 bits per heavy atom. The van der Waals surface area contributed by atoms with Gasteiger partial charge in [-0.15, -0.1) is 11.3 Å². The number of carbonyl (C=O) groups is 2. The van der Waals surface area contributed by atoms with Gasteiger partial charge in [0.15, 0.2) is 5.78 Å². The van der Waals surface area contributed by atoms with E-state index in [1.807, 2.05) is 11.4 Å². The lowest BCUT2D eigenvalue weighted by atomic mass is 10.1.